The van der Waals surface area contributed by atoms with Gasteiger partial charge < -0.3 is 10.2 Å². The van der Waals surface area contributed by atoms with Gasteiger partial charge in [0.05, 0.1) is 12.1 Å². The number of aromatic nitrogens is 2. The number of aromatic amines is 1. The van der Waals surface area contributed by atoms with Crippen molar-refractivity contribution in [3.63, 3.8) is 0 Å². The topological polar surface area (TPSA) is 61.0 Å². The van der Waals surface area contributed by atoms with Gasteiger partial charge in [0, 0.05) is 35.8 Å². The van der Waals surface area contributed by atoms with E-state index in [1.54, 1.807) is 6.07 Å². The summed E-state index contributed by atoms with van der Waals surface area (Å²) in [6.45, 7) is 1.46. The molecule has 2 N–H and O–H groups in total. The number of nitrogens with zero attached hydrogens (tertiary/aromatic N) is 2. The van der Waals surface area contributed by atoms with Crippen LogP contribution in [-0.2, 0) is 11.2 Å². The van der Waals surface area contributed by atoms with E-state index < -0.39 is 5.82 Å². The summed E-state index contributed by atoms with van der Waals surface area (Å²) in [4.78, 5) is 14.5. The molecule has 2 aromatic carbocycles. The summed E-state index contributed by atoms with van der Waals surface area (Å²) in [6, 6.07) is 16.4. The molecule has 0 aliphatic carbocycles. The van der Waals surface area contributed by atoms with Crippen LogP contribution in [0.2, 0.25) is 5.02 Å². The Labute approximate surface area is 167 Å². The van der Waals surface area contributed by atoms with Crippen LogP contribution in [0.15, 0.2) is 54.6 Å². The van der Waals surface area contributed by atoms with Crippen LogP contribution in [0.3, 0.4) is 0 Å². The molecule has 1 aliphatic heterocycles. The molecule has 0 bridgehead atoms. The van der Waals surface area contributed by atoms with Crippen LogP contribution in [0.5, 0.6) is 0 Å². The van der Waals surface area contributed by atoms with E-state index in [9.17, 15) is 9.18 Å². The molecule has 7 heteroatoms. The lowest BCUT2D eigenvalue weighted by atomic mass is 10.1. The number of carbonyl (C=O) groups excluding carboxylic acids is 1. The van der Waals surface area contributed by atoms with Gasteiger partial charge in [-0.15, -0.1) is 0 Å². The highest BCUT2D eigenvalue weighted by atomic mass is 35.5. The van der Waals surface area contributed by atoms with Crippen molar-refractivity contribution in [1.82, 2.24) is 15.5 Å². The van der Waals surface area contributed by atoms with Gasteiger partial charge in [0.1, 0.15) is 5.82 Å². The molecule has 4 rings (SSSR count). The fourth-order valence-corrected chi connectivity index (χ4v) is 3.70. The third kappa shape index (κ3) is 4.02. The summed E-state index contributed by atoms with van der Waals surface area (Å²) >= 11 is 6.01. The first-order chi connectivity index (χ1) is 13.6. The number of hydrogen-bond donors (Lipinski definition) is 2. The lowest BCUT2D eigenvalue weighted by molar-refractivity contribution is -0.121. The smallest absolute Gasteiger partial charge is 0.224 e. The van der Waals surface area contributed by atoms with Gasteiger partial charge in [-0.25, -0.2) is 4.39 Å². The summed E-state index contributed by atoms with van der Waals surface area (Å²) in [6.07, 6.45) is 0.743. The third-order valence-corrected chi connectivity index (χ3v) is 5.28. The lowest BCUT2D eigenvalue weighted by Gasteiger charge is -2.16. The quantitative estimate of drug-likeness (QED) is 0.687. The monoisotopic (exact) mass is 398 g/mol. The Morgan fingerprint density at radius 2 is 2.07 bits per heavy atom. The van der Waals surface area contributed by atoms with Crippen LogP contribution < -0.4 is 10.2 Å². The second kappa shape index (κ2) is 8.02. The van der Waals surface area contributed by atoms with E-state index in [4.69, 9.17) is 11.6 Å². The first-order valence-electron chi connectivity index (χ1n) is 9.18. The highest BCUT2D eigenvalue weighted by molar-refractivity contribution is 6.31. The standard InChI is InChI=1S/C21H20ClFN4O/c22-17-7-4-8-18(23)16(17)11-21(28)24-15-9-10-27(13-15)20-12-19(25-26-20)14-5-2-1-3-6-14/h1-8,12,15H,9-11,13H2,(H,24,28)(H,25,26)/t15-/m0/s1. The first-order valence-corrected chi connectivity index (χ1v) is 9.56. The number of benzene rings is 2. The molecule has 0 unspecified atom stereocenters. The number of carbonyl (C=O) groups is 1. The van der Waals surface area contributed by atoms with E-state index in [1.165, 1.54) is 12.1 Å². The van der Waals surface area contributed by atoms with Crippen molar-refractivity contribution in [3.8, 4) is 11.3 Å². The Hall–Kier alpha value is -2.86. The summed E-state index contributed by atoms with van der Waals surface area (Å²) in [7, 11) is 0. The molecule has 0 spiro atoms. The van der Waals surface area contributed by atoms with Crippen LogP contribution in [0.4, 0.5) is 10.2 Å². The van der Waals surface area contributed by atoms with E-state index >= 15 is 0 Å². The molecule has 5 nitrogen and oxygen atoms in total. The highest BCUT2D eigenvalue weighted by Crippen LogP contribution is 2.24. The second-order valence-electron chi connectivity index (χ2n) is 6.88. The largest absolute Gasteiger partial charge is 0.353 e. The van der Waals surface area contributed by atoms with Gasteiger partial charge in [-0.05, 0) is 24.1 Å². The molecule has 1 amide bonds. The molecular weight excluding hydrogens is 379 g/mol. The maximum Gasteiger partial charge on any atom is 0.224 e. The summed E-state index contributed by atoms with van der Waals surface area (Å²) in [5.74, 6) is 0.166. The average molecular weight is 399 g/mol. The van der Waals surface area contributed by atoms with Gasteiger partial charge in [0.2, 0.25) is 5.91 Å². The summed E-state index contributed by atoms with van der Waals surface area (Å²) in [5, 5.41) is 10.7. The molecule has 1 aromatic heterocycles. The molecule has 1 fully saturated rings. The van der Waals surface area contributed by atoms with E-state index in [1.807, 2.05) is 36.4 Å². The normalized spacial score (nSPS) is 16.4. The first kappa shape index (κ1) is 18.5. The molecule has 3 aromatic rings. The second-order valence-corrected chi connectivity index (χ2v) is 7.29. The van der Waals surface area contributed by atoms with Gasteiger partial charge in [0.15, 0.2) is 5.82 Å². The van der Waals surface area contributed by atoms with E-state index in [-0.39, 0.29) is 29.0 Å². The number of nitrogens with one attached hydrogen (secondary N) is 2. The Morgan fingerprint density at radius 3 is 2.86 bits per heavy atom. The van der Waals surface area contributed by atoms with Crippen LogP contribution >= 0.6 is 11.6 Å². The summed E-state index contributed by atoms with van der Waals surface area (Å²) in [5.41, 5.74) is 2.26. The SMILES string of the molecule is O=C(Cc1c(F)cccc1Cl)N[C@H]1CCN(c2cc(-c3ccccc3)[nH]n2)C1. The highest BCUT2D eigenvalue weighted by Gasteiger charge is 2.26. The number of H-pyrrole nitrogens is 1. The molecular formula is C21H20ClFN4O. The van der Waals surface area contributed by atoms with Crippen molar-refractivity contribution in [3.05, 3.63) is 71.0 Å². The van der Waals surface area contributed by atoms with Crippen molar-refractivity contribution in [1.29, 1.82) is 0 Å². The predicted molar refractivity (Wildman–Crippen MR) is 108 cm³/mol. The molecule has 0 radical (unpaired) electrons. The van der Waals surface area contributed by atoms with Crippen LogP contribution in [0.1, 0.15) is 12.0 Å². The maximum atomic E-state index is 13.9. The van der Waals surface area contributed by atoms with Crippen molar-refractivity contribution in [2.45, 2.75) is 18.9 Å². The van der Waals surface area contributed by atoms with E-state index in [0.29, 0.717) is 6.54 Å². The fraction of sp³-hybridized carbons (Fsp3) is 0.238. The van der Waals surface area contributed by atoms with E-state index in [0.717, 1.165) is 30.0 Å². The van der Waals surface area contributed by atoms with Gasteiger partial charge in [-0.1, -0.05) is 48.0 Å². The minimum absolute atomic E-state index is 0.00470. The number of rotatable bonds is 5. The van der Waals surface area contributed by atoms with Gasteiger partial charge >= 0.3 is 0 Å². The molecule has 144 valence electrons. The van der Waals surface area contributed by atoms with Crippen LogP contribution in [0.25, 0.3) is 11.3 Å². The molecule has 28 heavy (non-hydrogen) atoms. The average Bonchev–Trinajstić information content (AvgIpc) is 3.35. The molecule has 2 heterocycles. The Balaban J connectivity index is 1.36. The molecule has 1 saturated heterocycles. The van der Waals surface area contributed by atoms with Gasteiger partial charge in [0.25, 0.3) is 0 Å². The lowest BCUT2D eigenvalue weighted by Crippen LogP contribution is -2.38. The fourth-order valence-electron chi connectivity index (χ4n) is 3.47. The number of halogens is 2. The van der Waals surface area contributed by atoms with Crippen molar-refractivity contribution in [2.24, 2.45) is 0 Å². The van der Waals surface area contributed by atoms with Crippen LogP contribution in [0, 0.1) is 5.82 Å². The van der Waals surface area contributed by atoms with Crippen molar-refractivity contribution in [2.75, 3.05) is 18.0 Å². The Morgan fingerprint density at radius 1 is 1.25 bits per heavy atom. The minimum atomic E-state index is -0.458. The zero-order chi connectivity index (χ0) is 19.5. The van der Waals surface area contributed by atoms with Crippen molar-refractivity contribution >= 4 is 23.3 Å². The Bertz CT molecular complexity index is 955. The zero-order valence-corrected chi connectivity index (χ0v) is 15.9. The zero-order valence-electron chi connectivity index (χ0n) is 15.2. The summed E-state index contributed by atoms with van der Waals surface area (Å²) < 4.78 is 13.9. The predicted octanol–water partition coefficient (Wildman–Crippen LogP) is 3.81. The molecule has 0 saturated carbocycles. The maximum absolute atomic E-state index is 13.9. The number of amides is 1. The minimum Gasteiger partial charge on any atom is -0.353 e. The van der Waals surface area contributed by atoms with Crippen molar-refractivity contribution < 1.29 is 9.18 Å². The van der Waals surface area contributed by atoms with Gasteiger partial charge in [-0.3, -0.25) is 9.89 Å². The van der Waals surface area contributed by atoms with E-state index in [2.05, 4.69) is 20.4 Å². The van der Waals surface area contributed by atoms with Gasteiger partial charge in [-0.2, -0.15) is 5.10 Å². The molecule has 1 aliphatic rings. The van der Waals surface area contributed by atoms with Crippen LogP contribution in [-0.4, -0.2) is 35.2 Å². The number of anilines is 1. The molecule has 1 atom stereocenters. The Kier molecular flexibility index (Phi) is 5.30. The third-order valence-electron chi connectivity index (χ3n) is 4.93. The number of hydrogen-bond acceptors (Lipinski definition) is 3.